The van der Waals surface area contributed by atoms with E-state index in [-0.39, 0.29) is 0 Å². The Morgan fingerprint density at radius 2 is 1.18 bits per heavy atom. The molecular formula is C47H32O30. The van der Waals surface area contributed by atoms with Gasteiger partial charge in [-0.25, -0.2) is 24.0 Å². The summed E-state index contributed by atoms with van der Waals surface area (Å²) in [4.78, 5) is 95.6. The monoisotopic (exact) mass is 1080 g/mol. The molecular weight excluding hydrogens is 1040 g/mol. The van der Waals surface area contributed by atoms with E-state index in [2.05, 4.69) is 0 Å². The van der Waals surface area contributed by atoms with Gasteiger partial charge in [0.05, 0.1) is 28.0 Å². The van der Waals surface area contributed by atoms with Crippen LogP contribution in [0.4, 0.5) is 0 Å². The molecule has 2 aliphatic heterocycles. The molecule has 30 nitrogen and oxygen atoms in total. The highest BCUT2D eigenvalue weighted by Gasteiger charge is 2.54. The van der Waals surface area contributed by atoms with E-state index >= 15 is 0 Å². The van der Waals surface area contributed by atoms with Crippen molar-refractivity contribution in [1.29, 1.82) is 0 Å². The van der Waals surface area contributed by atoms with E-state index in [0.717, 1.165) is 0 Å². The van der Waals surface area contributed by atoms with Crippen molar-refractivity contribution in [2.24, 2.45) is 0 Å². The van der Waals surface area contributed by atoms with Gasteiger partial charge in [-0.05, 0) is 24.3 Å². The quantitative estimate of drug-likeness (QED) is 0.0615. The van der Waals surface area contributed by atoms with E-state index in [1.165, 1.54) is 0 Å². The van der Waals surface area contributed by atoms with Crippen LogP contribution >= 0.6 is 0 Å². The highest BCUT2D eigenvalue weighted by Crippen LogP contribution is 2.56. The summed E-state index contributed by atoms with van der Waals surface area (Å²) in [6, 6.07) is 2.78. The Morgan fingerprint density at radius 1 is 0.610 bits per heavy atom. The van der Waals surface area contributed by atoms with Gasteiger partial charge in [0.25, 0.3) is 0 Å². The third kappa shape index (κ3) is 8.22. The molecule has 0 amide bonds. The maximum atomic E-state index is 14.9. The number of carbonyl (C=O) groups excluding carboxylic acids is 5. The molecule has 3 aliphatic rings. The Morgan fingerprint density at radius 3 is 1.83 bits per heavy atom. The molecule has 0 saturated carbocycles. The molecule has 1 aromatic heterocycles. The second kappa shape index (κ2) is 18.3. The lowest BCUT2D eigenvalue weighted by atomic mass is 9.91. The van der Waals surface area contributed by atoms with Crippen LogP contribution in [0.5, 0.6) is 92.0 Å². The molecule has 400 valence electrons. The normalized spacial score (nSPS) is 19.8. The number of hydrogen-bond donors (Lipinski definition) is 16. The van der Waals surface area contributed by atoms with Crippen LogP contribution in [0.15, 0.2) is 45.6 Å². The maximum Gasteiger partial charge on any atom is 0.344 e. The Kier molecular flexibility index (Phi) is 12.2. The lowest BCUT2D eigenvalue weighted by molar-refractivity contribution is -0.288. The number of ketones is 1. The van der Waals surface area contributed by atoms with Gasteiger partial charge in [-0.2, -0.15) is 0 Å². The first-order chi connectivity index (χ1) is 36.2. The van der Waals surface area contributed by atoms with E-state index in [4.69, 9.17) is 32.8 Å². The van der Waals surface area contributed by atoms with Crippen molar-refractivity contribution in [2.75, 3.05) is 6.61 Å². The third-order valence-corrected chi connectivity index (χ3v) is 12.3. The van der Waals surface area contributed by atoms with E-state index in [9.17, 15) is 115 Å². The molecule has 6 aromatic rings. The van der Waals surface area contributed by atoms with Crippen LogP contribution in [0.2, 0.25) is 0 Å². The predicted molar refractivity (Wildman–Crippen MR) is 239 cm³/mol. The molecule has 30 heteroatoms. The summed E-state index contributed by atoms with van der Waals surface area (Å²) >= 11 is 0. The number of aromatic hydroxyl groups is 14. The Labute approximate surface area is 422 Å². The molecule has 1 saturated heterocycles. The Bertz CT molecular complexity index is 3680. The summed E-state index contributed by atoms with van der Waals surface area (Å²) in [5.74, 6) is -34.1. The zero-order chi connectivity index (χ0) is 56.1. The minimum atomic E-state index is -2.70. The molecule has 6 atom stereocenters. The number of carboxylic acids is 1. The molecule has 0 unspecified atom stereocenters. The smallest absolute Gasteiger partial charge is 0.344 e. The van der Waals surface area contributed by atoms with E-state index < -0.39 is 238 Å². The van der Waals surface area contributed by atoms with E-state index in [1.807, 2.05) is 0 Å². The number of rotatable bonds is 7. The van der Waals surface area contributed by atoms with Crippen LogP contribution < -0.4 is 10.4 Å². The molecule has 1 aliphatic carbocycles. The molecule has 77 heavy (non-hydrogen) atoms. The number of benzene rings is 5. The molecule has 0 spiro atoms. The number of cyclic esters (lactones) is 1. The van der Waals surface area contributed by atoms with Gasteiger partial charge in [0.15, 0.2) is 93.1 Å². The number of Topliss-reactive ketones (excluding diaryl/α,β-unsaturated/α-hetero) is 1. The minimum absolute atomic E-state index is 0.317. The van der Waals surface area contributed by atoms with Gasteiger partial charge >= 0.3 is 35.5 Å². The standard InChI is InChI=1S/C47H32O30/c48-15-1-9(2-16(49)27(15)54)42(66)77-47-36(63)40-39(75-45(69)12-5-20(53)38-26(12)25-11(44(68)74-38)4-18(51)29(56)33(25)60)22(73-47)8-71-43(67)10-3-17(50)28(55)32(59)23(10)24-13(46(70)76-40)7-21(31(58)34(24)61)72-37-14(41(64)65)6-19(52)30(57)35(37)62/h1-4,6-7,12,22,36,39-40,47-52,54-63H,5,8H2,(H,64,65)/t12-,22+,36+,39+,40+,47-/m0/s1. The second-order valence-corrected chi connectivity index (χ2v) is 16.9. The van der Waals surface area contributed by atoms with E-state index in [0.29, 0.717) is 36.4 Å². The zero-order valence-corrected chi connectivity index (χ0v) is 37.7. The summed E-state index contributed by atoms with van der Waals surface area (Å²) < 4.78 is 38.3. The number of phenols is 14. The zero-order valence-electron chi connectivity index (χ0n) is 37.7. The van der Waals surface area contributed by atoms with Crippen molar-refractivity contribution in [2.45, 2.75) is 43.0 Å². The van der Waals surface area contributed by atoms with Crippen molar-refractivity contribution >= 4 is 46.4 Å². The first-order valence-corrected chi connectivity index (χ1v) is 21.4. The fourth-order valence-corrected chi connectivity index (χ4v) is 8.64. The van der Waals surface area contributed by atoms with Crippen LogP contribution in [-0.2, 0) is 28.5 Å². The van der Waals surface area contributed by atoms with Crippen LogP contribution in [0.1, 0.15) is 69.9 Å². The van der Waals surface area contributed by atoms with Gasteiger partial charge in [-0.15, -0.1) is 0 Å². The number of aliphatic hydroxyl groups is 1. The second-order valence-electron chi connectivity index (χ2n) is 16.9. The molecule has 3 heterocycles. The first-order valence-electron chi connectivity index (χ1n) is 21.4. The van der Waals surface area contributed by atoms with Crippen LogP contribution in [0, 0.1) is 0 Å². The number of hydrogen-bond acceptors (Lipinski definition) is 29. The number of phenolic OH excluding ortho intramolecular Hbond substituents is 14. The average molecular weight is 1080 g/mol. The number of carboxylic acid groups (broad SMARTS) is 1. The topological polar surface area (TPSA) is 512 Å². The summed E-state index contributed by atoms with van der Waals surface area (Å²) in [5.41, 5.74) is -8.81. The van der Waals surface area contributed by atoms with Crippen molar-refractivity contribution in [1.82, 2.24) is 0 Å². The molecule has 9 rings (SSSR count). The Balaban J connectivity index is 1.23. The van der Waals surface area contributed by atoms with Gasteiger partial charge in [0, 0.05) is 40.6 Å². The number of aromatic carboxylic acids is 1. The highest BCUT2D eigenvalue weighted by molar-refractivity contribution is 6.11. The average Bonchev–Trinajstić information content (AvgIpc) is 3.71. The van der Waals surface area contributed by atoms with Crippen molar-refractivity contribution < 1.29 is 143 Å². The van der Waals surface area contributed by atoms with Crippen LogP contribution in [0.25, 0.3) is 21.9 Å². The number of esters is 4. The van der Waals surface area contributed by atoms with Gasteiger partial charge in [0.1, 0.15) is 18.3 Å². The number of aliphatic hydroxyl groups excluding tert-OH is 1. The van der Waals surface area contributed by atoms with Crippen LogP contribution in [0.3, 0.4) is 0 Å². The third-order valence-electron chi connectivity index (χ3n) is 12.3. The van der Waals surface area contributed by atoms with Gasteiger partial charge in [0.2, 0.25) is 35.0 Å². The molecule has 0 radical (unpaired) electrons. The lowest BCUT2D eigenvalue weighted by Crippen LogP contribution is -2.62. The molecule has 2 bridgehead atoms. The number of carbonyl (C=O) groups is 6. The van der Waals surface area contributed by atoms with Crippen molar-refractivity contribution in [3.63, 3.8) is 0 Å². The summed E-state index contributed by atoms with van der Waals surface area (Å²) in [6.45, 7) is -1.33. The Hall–Kier alpha value is -10.8. The summed E-state index contributed by atoms with van der Waals surface area (Å²) in [7, 11) is 0. The minimum Gasteiger partial charge on any atom is -0.504 e. The summed E-state index contributed by atoms with van der Waals surface area (Å²) in [5, 5.41) is 168. The van der Waals surface area contributed by atoms with E-state index in [1.54, 1.807) is 0 Å². The van der Waals surface area contributed by atoms with Gasteiger partial charge in [-0.1, -0.05) is 0 Å². The SMILES string of the molecule is O=C(O[C@@H]1O[C@@H]2COC(=O)c3cc(O)c(O)c(O)c3-c3c(cc(Oc4c(C(=O)O)cc(O)c(O)c4O)c(O)c3O)C(=O)O[C@H]([C@H]1O)[C@@H]2OC(=O)[C@H]1CC(=O)c2oc(=O)c3cc(O)c(O)c(O)c3c21)c1cc(O)c(O)c(O)c1. The van der Waals surface area contributed by atoms with Gasteiger partial charge in [-0.3, -0.25) is 9.59 Å². The summed E-state index contributed by atoms with van der Waals surface area (Å²) in [6.07, 6.45) is -13.5. The van der Waals surface area contributed by atoms with Crippen LogP contribution in [-0.4, -0.2) is 155 Å². The lowest BCUT2D eigenvalue weighted by Gasteiger charge is -2.43. The maximum absolute atomic E-state index is 14.9. The molecule has 1 fully saturated rings. The molecule has 5 aromatic carbocycles. The molecule has 16 N–H and O–H groups in total. The van der Waals surface area contributed by atoms with Crippen molar-refractivity contribution in [3.05, 3.63) is 80.4 Å². The predicted octanol–water partition coefficient (Wildman–Crippen LogP) is 1.75. The van der Waals surface area contributed by atoms with Crippen molar-refractivity contribution in [3.8, 4) is 103 Å². The highest BCUT2D eigenvalue weighted by atomic mass is 16.7. The largest absolute Gasteiger partial charge is 0.504 e. The van der Waals surface area contributed by atoms with Gasteiger partial charge < -0.3 is 115 Å². The number of ether oxygens (including phenoxy) is 6. The first kappa shape index (κ1) is 51.2. The number of fused-ring (bicyclic) bond motifs is 8. The fraction of sp³-hybridized carbons (Fsp3) is 0.170. The fourth-order valence-electron chi connectivity index (χ4n) is 8.64.